The van der Waals surface area contributed by atoms with Crippen molar-refractivity contribution >= 4 is 23.6 Å². The van der Waals surface area contributed by atoms with E-state index in [1.807, 2.05) is 24.5 Å². The molecule has 2 aromatic rings. The second kappa shape index (κ2) is 3.36. The minimum Gasteiger partial charge on any atom is -0.248 e. The van der Waals surface area contributed by atoms with Gasteiger partial charge in [0.2, 0.25) is 0 Å². The van der Waals surface area contributed by atoms with E-state index < -0.39 is 0 Å². The van der Waals surface area contributed by atoms with E-state index in [2.05, 4.69) is 21.9 Å². The van der Waals surface area contributed by atoms with Crippen molar-refractivity contribution in [1.82, 2.24) is 9.78 Å². The fourth-order valence-corrected chi connectivity index (χ4v) is 1.53. The van der Waals surface area contributed by atoms with Crippen LogP contribution in [0.4, 0.5) is 0 Å². The quantitative estimate of drug-likeness (QED) is 0.687. The van der Waals surface area contributed by atoms with E-state index in [1.54, 1.807) is 22.2 Å². The summed E-state index contributed by atoms with van der Waals surface area (Å²) in [6.45, 7) is 0. The average molecular weight is 176 g/mol. The van der Waals surface area contributed by atoms with Crippen LogP contribution < -0.4 is 0 Å². The van der Waals surface area contributed by atoms with E-state index >= 15 is 0 Å². The zero-order valence-corrected chi connectivity index (χ0v) is 7.24. The molecule has 0 bridgehead atoms. The van der Waals surface area contributed by atoms with Crippen molar-refractivity contribution in [2.45, 2.75) is 0 Å². The summed E-state index contributed by atoms with van der Waals surface area (Å²) in [5, 5.41) is 8.20. The minimum atomic E-state index is 1.22. The highest BCUT2D eigenvalue weighted by molar-refractivity contribution is 7.08. The van der Waals surface area contributed by atoms with Crippen LogP contribution in [0.1, 0.15) is 5.56 Å². The third kappa shape index (κ3) is 1.62. The average Bonchev–Trinajstić information content (AvgIpc) is 2.74. The van der Waals surface area contributed by atoms with Gasteiger partial charge in [-0.05, 0) is 34.5 Å². The Bertz CT molecular complexity index is 310. The highest BCUT2D eigenvalue weighted by atomic mass is 32.1. The van der Waals surface area contributed by atoms with Gasteiger partial charge in [-0.15, -0.1) is 0 Å². The second-order valence-electron chi connectivity index (χ2n) is 2.36. The van der Waals surface area contributed by atoms with E-state index in [1.165, 1.54) is 5.56 Å². The van der Waals surface area contributed by atoms with Gasteiger partial charge in [-0.3, -0.25) is 0 Å². The highest BCUT2D eigenvalue weighted by Gasteiger charge is 1.85. The van der Waals surface area contributed by atoms with Crippen LogP contribution in [-0.4, -0.2) is 9.78 Å². The Morgan fingerprint density at radius 3 is 3.17 bits per heavy atom. The van der Waals surface area contributed by atoms with Crippen LogP contribution in [0.5, 0.6) is 0 Å². The highest BCUT2D eigenvalue weighted by Crippen LogP contribution is 2.07. The molecular formula is C9H8N2S. The number of rotatable bonds is 2. The monoisotopic (exact) mass is 176 g/mol. The molecule has 0 aliphatic heterocycles. The fourth-order valence-electron chi connectivity index (χ4n) is 0.901. The van der Waals surface area contributed by atoms with Crippen molar-refractivity contribution in [1.29, 1.82) is 0 Å². The van der Waals surface area contributed by atoms with Crippen molar-refractivity contribution in [3.8, 4) is 0 Å². The standard InChI is InChI=1S/C9H8N2S/c1-4-10-11(5-1)6-2-9-3-7-12-8-9/h1-8H/b6-2-. The summed E-state index contributed by atoms with van der Waals surface area (Å²) < 4.78 is 1.78. The lowest BCUT2D eigenvalue weighted by Gasteiger charge is -1.87. The normalized spacial score (nSPS) is 11.0. The van der Waals surface area contributed by atoms with E-state index in [4.69, 9.17) is 0 Å². The first-order valence-electron chi connectivity index (χ1n) is 3.65. The Morgan fingerprint density at radius 2 is 2.50 bits per heavy atom. The van der Waals surface area contributed by atoms with Crippen molar-refractivity contribution in [2.75, 3.05) is 0 Å². The molecule has 0 unspecified atom stereocenters. The molecule has 2 nitrogen and oxygen atoms in total. The molecule has 0 fully saturated rings. The second-order valence-corrected chi connectivity index (χ2v) is 3.14. The van der Waals surface area contributed by atoms with Crippen molar-refractivity contribution in [3.63, 3.8) is 0 Å². The topological polar surface area (TPSA) is 17.8 Å². The maximum Gasteiger partial charge on any atom is 0.0493 e. The Hall–Kier alpha value is -1.35. The summed E-state index contributed by atoms with van der Waals surface area (Å²) in [6, 6.07) is 3.97. The van der Waals surface area contributed by atoms with Gasteiger partial charge in [0.15, 0.2) is 0 Å². The lowest BCUT2D eigenvalue weighted by molar-refractivity contribution is 0.938. The smallest absolute Gasteiger partial charge is 0.0493 e. The SMILES string of the molecule is C(=C/n1cccn1)/c1ccsc1. The van der Waals surface area contributed by atoms with Crippen LogP contribution in [0.3, 0.4) is 0 Å². The van der Waals surface area contributed by atoms with Gasteiger partial charge in [0.1, 0.15) is 0 Å². The van der Waals surface area contributed by atoms with Crippen molar-refractivity contribution in [2.24, 2.45) is 0 Å². The number of hydrogen-bond donors (Lipinski definition) is 0. The van der Waals surface area contributed by atoms with Crippen LogP contribution in [0.2, 0.25) is 0 Å². The zero-order valence-electron chi connectivity index (χ0n) is 6.42. The maximum atomic E-state index is 4.05. The molecule has 0 aromatic carbocycles. The molecule has 0 saturated heterocycles. The van der Waals surface area contributed by atoms with Gasteiger partial charge >= 0.3 is 0 Å². The molecule has 2 aromatic heterocycles. The lowest BCUT2D eigenvalue weighted by atomic mass is 10.3. The van der Waals surface area contributed by atoms with Crippen molar-refractivity contribution < 1.29 is 0 Å². The summed E-state index contributed by atoms with van der Waals surface area (Å²) in [4.78, 5) is 0. The molecule has 0 amide bonds. The summed E-state index contributed by atoms with van der Waals surface area (Å²) in [5.41, 5.74) is 1.22. The van der Waals surface area contributed by atoms with E-state index in [-0.39, 0.29) is 0 Å². The fraction of sp³-hybridized carbons (Fsp3) is 0. The maximum absolute atomic E-state index is 4.05. The van der Waals surface area contributed by atoms with Gasteiger partial charge in [0.05, 0.1) is 0 Å². The molecule has 2 heterocycles. The van der Waals surface area contributed by atoms with Gasteiger partial charge in [-0.25, -0.2) is 4.68 Å². The van der Waals surface area contributed by atoms with Gasteiger partial charge < -0.3 is 0 Å². The largest absolute Gasteiger partial charge is 0.248 e. The molecule has 3 heteroatoms. The first kappa shape index (κ1) is 7.31. The third-order valence-corrected chi connectivity index (χ3v) is 2.19. The van der Waals surface area contributed by atoms with Gasteiger partial charge in [0, 0.05) is 18.6 Å². The predicted octanol–water partition coefficient (Wildman–Crippen LogP) is 2.57. The first-order valence-corrected chi connectivity index (χ1v) is 4.59. The van der Waals surface area contributed by atoms with Crippen LogP contribution >= 0.6 is 11.3 Å². The number of thiophene rings is 1. The van der Waals surface area contributed by atoms with Gasteiger partial charge in [-0.2, -0.15) is 16.4 Å². The number of hydrogen-bond acceptors (Lipinski definition) is 2. The molecule has 0 aliphatic rings. The van der Waals surface area contributed by atoms with Crippen LogP contribution in [-0.2, 0) is 0 Å². The van der Waals surface area contributed by atoms with E-state index in [0.29, 0.717) is 0 Å². The van der Waals surface area contributed by atoms with E-state index in [9.17, 15) is 0 Å². The minimum absolute atomic E-state index is 1.22. The summed E-state index contributed by atoms with van der Waals surface area (Å²) in [7, 11) is 0. The van der Waals surface area contributed by atoms with Crippen LogP contribution in [0, 0.1) is 0 Å². The Balaban J connectivity index is 2.14. The zero-order chi connectivity index (χ0) is 8.23. The lowest BCUT2D eigenvalue weighted by Crippen LogP contribution is -1.83. The Morgan fingerprint density at radius 1 is 1.50 bits per heavy atom. The molecule has 2 rings (SSSR count). The van der Waals surface area contributed by atoms with Crippen molar-refractivity contribution in [3.05, 3.63) is 40.8 Å². The van der Waals surface area contributed by atoms with Crippen LogP contribution in [0.25, 0.3) is 12.3 Å². The Kier molecular flexibility index (Phi) is 2.05. The molecule has 12 heavy (non-hydrogen) atoms. The number of nitrogens with zero attached hydrogens (tertiary/aromatic N) is 2. The number of aromatic nitrogens is 2. The predicted molar refractivity (Wildman–Crippen MR) is 51.8 cm³/mol. The Labute approximate surface area is 74.8 Å². The summed E-state index contributed by atoms with van der Waals surface area (Å²) >= 11 is 1.70. The molecule has 0 atom stereocenters. The molecule has 0 aliphatic carbocycles. The first-order chi connectivity index (χ1) is 5.95. The van der Waals surface area contributed by atoms with Crippen LogP contribution in [0.15, 0.2) is 35.3 Å². The molecule has 0 spiro atoms. The molecule has 60 valence electrons. The molecule has 0 radical (unpaired) electrons. The summed E-state index contributed by atoms with van der Waals surface area (Å²) in [5.74, 6) is 0. The third-order valence-electron chi connectivity index (χ3n) is 1.49. The molecular weight excluding hydrogens is 168 g/mol. The van der Waals surface area contributed by atoms with Gasteiger partial charge in [-0.1, -0.05) is 0 Å². The molecule has 0 N–H and O–H groups in total. The summed E-state index contributed by atoms with van der Waals surface area (Å²) in [6.07, 6.45) is 7.63. The van der Waals surface area contributed by atoms with Gasteiger partial charge in [0.25, 0.3) is 0 Å². The van der Waals surface area contributed by atoms with E-state index in [0.717, 1.165) is 0 Å². The molecule has 0 saturated carbocycles.